The first-order chi connectivity index (χ1) is 11.3. The SMILES string of the molecule is CNc1ncnc2[nH]cc(C3CC[C@H]4CN(CC5CC5)C[C@@H]34)c12. The van der Waals surface area contributed by atoms with Crippen molar-refractivity contribution in [3.63, 3.8) is 0 Å². The van der Waals surface area contributed by atoms with Gasteiger partial charge in [0.15, 0.2) is 0 Å². The average Bonchev–Trinajstić information content (AvgIpc) is 2.95. The van der Waals surface area contributed by atoms with Crippen LogP contribution in [0.15, 0.2) is 12.5 Å². The number of hydrogen-bond donors (Lipinski definition) is 2. The Morgan fingerprint density at radius 3 is 2.96 bits per heavy atom. The third kappa shape index (κ3) is 2.24. The normalized spacial score (nSPS) is 30.9. The fourth-order valence-electron chi connectivity index (χ4n) is 5.03. The zero-order valence-corrected chi connectivity index (χ0v) is 13.8. The monoisotopic (exact) mass is 311 g/mol. The molecule has 0 bridgehead atoms. The molecule has 2 aromatic rings. The Morgan fingerprint density at radius 2 is 2.13 bits per heavy atom. The Kier molecular flexibility index (Phi) is 3.11. The van der Waals surface area contributed by atoms with Crippen molar-refractivity contribution in [3.8, 4) is 0 Å². The van der Waals surface area contributed by atoms with Crippen LogP contribution in [0, 0.1) is 17.8 Å². The lowest BCUT2D eigenvalue weighted by molar-refractivity contribution is 0.294. The van der Waals surface area contributed by atoms with E-state index < -0.39 is 0 Å². The highest BCUT2D eigenvalue weighted by Gasteiger charge is 2.44. The molecule has 1 aliphatic heterocycles. The number of fused-ring (bicyclic) bond motifs is 2. The molecule has 23 heavy (non-hydrogen) atoms. The van der Waals surface area contributed by atoms with E-state index in [1.807, 2.05) is 7.05 Å². The molecule has 1 unspecified atom stereocenters. The van der Waals surface area contributed by atoms with Crippen LogP contribution in [0.2, 0.25) is 0 Å². The van der Waals surface area contributed by atoms with Gasteiger partial charge in [0.05, 0.1) is 5.39 Å². The number of nitrogens with zero attached hydrogens (tertiary/aromatic N) is 3. The number of rotatable bonds is 4. The molecule has 0 aromatic carbocycles. The number of hydrogen-bond acceptors (Lipinski definition) is 4. The molecular formula is C18H25N5. The Labute approximate surface area is 136 Å². The topological polar surface area (TPSA) is 56.8 Å². The molecule has 0 radical (unpaired) electrons. The summed E-state index contributed by atoms with van der Waals surface area (Å²) in [6.45, 7) is 3.97. The van der Waals surface area contributed by atoms with Crippen LogP contribution >= 0.6 is 0 Å². The van der Waals surface area contributed by atoms with Crippen LogP contribution in [-0.2, 0) is 0 Å². The van der Waals surface area contributed by atoms with Crippen LogP contribution < -0.4 is 5.32 Å². The zero-order valence-electron chi connectivity index (χ0n) is 13.8. The average molecular weight is 311 g/mol. The van der Waals surface area contributed by atoms with Gasteiger partial charge >= 0.3 is 0 Å². The predicted molar refractivity (Wildman–Crippen MR) is 91.6 cm³/mol. The number of aromatic nitrogens is 3. The second kappa shape index (κ2) is 5.20. The standard InChI is InChI=1S/C18H25N5/c1-19-17-16-14(6-20-18(16)22-10-21-17)13-5-4-12-8-23(9-15(12)13)7-11-2-3-11/h6,10-13,15H,2-5,7-9H2,1H3,(H2,19,20,21,22)/t12-,13?,15+/m0/s1. The zero-order chi connectivity index (χ0) is 15.4. The van der Waals surface area contributed by atoms with E-state index in [0.29, 0.717) is 5.92 Å². The van der Waals surface area contributed by atoms with E-state index >= 15 is 0 Å². The highest BCUT2D eigenvalue weighted by atomic mass is 15.2. The van der Waals surface area contributed by atoms with E-state index in [9.17, 15) is 0 Å². The van der Waals surface area contributed by atoms with Crippen LogP contribution in [0.3, 0.4) is 0 Å². The maximum atomic E-state index is 4.43. The minimum atomic E-state index is 0.663. The van der Waals surface area contributed by atoms with Crippen LogP contribution in [0.4, 0.5) is 5.82 Å². The first-order valence-electron chi connectivity index (χ1n) is 9.05. The molecule has 3 atom stereocenters. The summed E-state index contributed by atoms with van der Waals surface area (Å²) in [4.78, 5) is 14.9. The number of nitrogens with one attached hydrogen (secondary N) is 2. The second-order valence-corrected chi connectivity index (χ2v) is 7.71. The van der Waals surface area contributed by atoms with Gasteiger partial charge in [0.1, 0.15) is 17.8 Å². The van der Waals surface area contributed by atoms with Gasteiger partial charge in [-0.25, -0.2) is 9.97 Å². The summed E-state index contributed by atoms with van der Waals surface area (Å²) in [7, 11) is 1.95. The second-order valence-electron chi connectivity index (χ2n) is 7.71. The molecule has 3 fully saturated rings. The van der Waals surface area contributed by atoms with Gasteiger partial charge < -0.3 is 15.2 Å². The largest absolute Gasteiger partial charge is 0.372 e. The maximum Gasteiger partial charge on any atom is 0.143 e. The molecule has 5 rings (SSSR count). The van der Waals surface area contributed by atoms with Crippen molar-refractivity contribution in [2.45, 2.75) is 31.6 Å². The van der Waals surface area contributed by atoms with Gasteiger partial charge in [0.25, 0.3) is 0 Å². The Morgan fingerprint density at radius 1 is 1.22 bits per heavy atom. The Bertz CT molecular complexity index is 719. The lowest BCUT2D eigenvalue weighted by Gasteiger charge is -2.20. The van der Waals surface area contributed by atoms with E-state index in [0.717, 1.165) is 29.2 Å². The first-order valence-corrected chi connectivity index (χ1v) is 9.05. The van der Waals surface area contributed by atoms with E-state index in [4.69, 9.17) is 0 Å². The predicted octanol–water partition coefficient (Wildman–Crippen LogP) is 2.84. The molecule has 1 saturated heterocycles. The summed E-state index contributed by atoms with van der Waals surface area (Å²) in [5.74, 6) is 4.34. The Balaban J connectivity index is 1.45. The highest BCUT2D eigenvalue weighted by molar-refractivity contribution is 5.90. The maximum absolute atomic E-state index is 4.43. The minimum absolute atomic E-state index is 0.663. The van der Waals surface area contributed by atoms with Crippen molar-refractivity contribution >= 4 is 16.9 Å². The molecular weight excluding hydrogens is 286 g/mol. The van der Waals surface area contributed by atoms with Crippen LogP contribution in [0.5, 0.6) is 0 Å². The molecule has 2 aliphatic carbocycles. The van der Waals surface area contributed by atoms with Gasteiger partial charge in [-0.1, -0.05) is 0 Å². The third-order valence-electron chi connectivity index (χ3n) is 6.28. The molecule has 0 amide bonds. The number of aromatic amines is 1. The van der Waals surface area contributed by atoms with Crippen LogP contribution in [0.25, 0.3) is 11.0 Å². The molecule has 3 heterocycles. The lowest BCUT2D eigenvalue weighted by atomic mass is 9.87. The van der Waals surface area contributed by atoms with Gasteiger partial charge in [-0.3, -0.25) is 0 Å². The summed E-state index contributed by atoms with van der Waals surface area (Å²) in [5.41, 5.74) is 2.40. The van der Waals surface area contributed by atoms with Crippen LogP contribution in [0.1, 0.15) is 37.2 Å². The molecule has 5 nitrogen and oxygen atoms in total. The van der Waals surface area contributed by atoms with Crippen molar-refractivity contribution in [1.29, 1.82) is 0 Å². The fourth-order valence-corrected chi connectivity index (χ4v) is 5.03. The molecule has 0 spiro atoms. The summed E-state index contributed by atoms with van der Waals surface area (Å²) in [6.07, 6.45) is 9.44. The Hall–Kier alpha value is -1.62. The van der Waals surface area contributed by atoms with E-state index in [2.05, 4.69) is 31.4 Å². The number of H-pyrrole nitrogens is 1. The van der Waals surface area contributed by atoms with Crippen molar-refractivity contribution < 1.29 is 0 Å². The summed E-state index contributed by atoms with van der Waals surface area (Å²) < 4.78 is 0. The first kappa shape index (κ1) is 13.8. The summed E-state index contributed by atoms with van der Waals surface area (Å²) in [5, 5.41) is 4.45. The smallest absolute Gasteiger partial charge is 0.143 e. The molecule has 2 saturated carbocycles. The molecule has 122 valence electrons. The van der Waals surface area contributed by atoms with Crippen molar-refractivity contribution in [1.82, 2.24) is 19.9 Å². The van der Waals surface area contributed by atoms with Crippen molar-refractivity contribution in [3.05, 3.63) is 18.1 Å². The van der Waals surface area contributed by atoms with Gasteiger partial charge in [0.2, 0.25) is 0 Å². The number of anilines is 1. The van der Waals surface area contributed by atoms with Gasteiger partial charge in [-0.05, 0) is 54.9 Å². The summed E-state index contributed by atoms with van der Waals surface area (Å²) in [6, 6.07) is 0. The quantitative estimate of drug-likeness (QED) is 0.911. The fraction of sp³-hybridized carbons (Fsp3) is 0.667. The van der Waals surface area contributed by atoms with Crippen molar-refractivity contribution in [2.75, 3.05) is 32.0 Å². The molecule has 5 heteroatoms. The molecule has 3 aliphatic rings. The van der Waals surface area contributed by atoms with Crippen molar-refractivity contribution in [2.24, 2.45) is 17.8 Å². The highest BCUT2D eigenvalue weighted by Crippen LogP contribution is 2.50. The lowest BCUT2D eigenvalue weighted by Crippen LogP contribution is -2.25. The number of likely N-dealkylation sites (tertiary alicyclic amines) is 1. The van der Waals surface area contributed by atoms with E-state index in [1.165, 1.54) is 56.3 Å². The van der Waals surface area contributed by atoms with Gasteiger partial charge in [-0.15, -0.1) is 0 Å². The van der Waals surface area contributed by atoms with Gasteiger partial charge in [-0.2, -0.15) is 0 Å². The molecule has 2 N–H and O–H groups in total. The summed E-state index contributed by atoms with van der Waals surface area (Å²) >= 11 is 0. The van der Waals surface area contributed by atoms with Gasteiger partial charge in [0, 0.05) is 32.9 Å². The van der Waals surface area contributed by atoms with E-state index in [-0.39, 0.29) is 0 Å². The molecule has 2 aromatic heterocycles. The van der Waals surface area contributed by atoms with E-state index in [1.54, 1.807) is 6.33 Å². The van der Waals surface area contributed by atoms with Crippen LogP contribution in [-0.4, -0.2) is 46.5 Å². The minimum Gasteiger partial charge on any atom is -0.372 e. The third-order valence-corrected chi connectivity index (χ3v) is 6.28.